The Labute approximate surface area is 91.7 Å². The molecule has 0 unspecified atom stereocenters. The van der Waals surface area contributed by atoms with Gasteiger partial charge in [0.25, 0.3) is 0 Å². The number of hydrogen-bond acceptors (Lipinski definition) is 4. The Morgan fingerprint density at radius 2 is 1.87 bits per heavy atom. The number of hydrogen-bond donors (Lipinski definition) is 3. The highest BCUT2D eigenvalue weighted by Crippen LogP contribution is 1.74. The van der Waals surface area contributed by atoms with E-state index in [1.165, 1.54) is 6.92 Å². The van der Waals surface area contributed by atoms with Gasteiger partial charge >= 0.3 is 0 Å². The van der Waals surface area contributed by atoms with Crippen LogP contribution >= 0.6 is 0 Å². The molecule has 0 heterocycles. The van der Waals surface area contributed by atoms with Gasteiger partial charge < -0.3 is 11.1 Å². The quantitative estimate of drug-likeness (QED) is 0.574. The van der Waals surface area contributed by atoms with Gasteiger partial charge in [-0.3, -0.25) is 4.79 Å². The fourth-order valence-electron chi connectivity index (χ4n) is 0.536. The van der Waals surface area contributed by atoms with Gasteiger partial charge in [-0.15, -0.1) is 0 Å². The monoisotopic (exact) mass is 239 g/mol. The Bertz CT molecular complexity index is 252. The van der Waals surface area contributed by atoms with E-state index in [2.05, 4.69) is 10.0 Å². The standard InChI is InChI=1S/C4H10N2O.C4H11NO2S/c1-4(7)6-3-2-5;1-3-4-5-8(2,6)7/h2-3,5H2,1H3,(H,6,7);5H,3-4H2,1-2H3. The van der Waals surface area contributed by atoms with E-state index in [4.69, 9.17) is 5.73 Å². The Morgan fingerprint density at radius 3 is 2.00 bits per heavy atom. The number of nitrogens with one attached hydrogen (secondary N) is 2. The minimum Gasteiger partial charge on any atom is -0.355 e. The summed E-state index contributed by atoms with van der Waals surface area (Å²) in [4.78, 5) is 10.0. The fourth-order valence-corrected chi connectivity index (χ4v) is 1.11. The summed E-state index contributed by atoms with van der Waals surface area (Å²) < 4.78 is 22.9. The van der Waals surface area contributed by atoms with Crippen molar-refractivity contribution < 1.29 is 13.2 Å². The first-order valence-corrected chi connectivity index (χ1v) is 6.61. The van der Waals surface area contributed by atoms with Gasteiger partial charge in [0.2, 0.25) is 15.9 Å². The fraction of sp³-hybridized carbons (Fsp3) is 0.875. The lowest BCUT2D eigenvalue weighted by Crippen LogP contribution is -2.26. The number of carbonyl (C=O) groups is 1. The van der Waals surface area contributed by atoms with Gasteiger partial charge in [0.1, 0.15) is 0 Å². The SMILES string of the molecule is CC(=O)NCCN.CCCNS(C)(=O)=O. The minimum absolute atomic E-state index is 0.0227. The van der Waals surface area contributed by atoms with Crippen LogP contribution in [0.2, 0.25) is 0 Å². The molecule has 0 saturated carbocycles. The summed E-state index contributed by atoms with van der Waals surface area (Å²) in [5.41, 5.74) is 5.06. The van der Waals surface area contributed by atoms with Gasteiger partial charge in [-0.1, -0.05) is 6.92 Å². The van der Waals surface area contributed by atoms with Crippen molar-refractivity contribution in [3.63, 3.8) is 0 Å². The maximum atomic E-state index is 10.3. The molecule has 0 aromatic carbocycles. The molecule has 0 aromatic heterocycles. The van der Waals surface area contributed by atoms with Crippen molar-refractivity contribution >= 4 is 15.9 Å². The molecule has 6 nitrogen and oxygen atoms in total. The van der Waals surface area contributed by atoms with E-state index in [0.717, 1.165) is 12.7 Å². The van der Waals surface area contributed by atoms with Crippen LogP contribution in [0.1, 0.15) is 20.3 Å². The van der Waals surface area contributed by atoms with Crippen molar-refractivity contribution in [1.82, 2.24) is 10.0 Å². The van der Waals surface area contributed by atoms with E-state index in [0.29, 0.717) is 19.6 Å². The van der Waals surface area contributed by atoms with Crippen molar-refractivity contribution in [2.45, 2.75) is 20.3 Å². The minimum atomic E-state index is -2.94. The second-order valence-electron chi connectivity index (χ2n) is 2.94. The van der Waals surface area contributed by atoms with Crippen molar-refractivity contribution in [3.8, 4) is 0 Å². The van der Waals surface area contributed by atoms with Gasteiger partial charge in [-0.25, -0.2) is 13.1 Å². The average molecular weight is 239 g/mol. The Balaban J connectivity index is 0. The van der Waals surface area contributed by atoms with E-state index in [-0.39, 0.29) is 5.91 Å². The van der Waals surface area contributed by atoms with Gasteiger partial charge in [0.05, 0.1) is 6.26 Å². The molecule has 0 bridgehead atoms. The summed E-state index contributed by atoms with van der Waals surface area (Å²) in [6, 6.07) is 0. The first-order valence-electron chi connectivity index (χ1n) is 4.72. The second kappa shape index (κ2) is 9.88. The van der Waals surface area contributed by atoms with Crippen LogP contribution in [0.25, 0.3) is 0 Å². The molecule has 1 amide bonds. The number of nitrogens with two attached hydrogens (primary N) is 1. The average Bonchev–Trinajstić information content (AvgIpc) is 2.11. The summed E-state index contributed by atoms with van der Waals surface area (Å²) in [5, 5.41) is 2.53. The van der Waals surface area contributed by atoms with Crippen LogP contribution in [0.15, 0.2) is 0 Å². The molecule has 0 saturated heterocycles. The number of carbonyl (C=O) groups excluding carboxylic acids is 1. The van der Waals surface area contributed by atoms with E-state index in [1.54, 1.807) is 0 Å². The van der Waals surface area contributed by atoms with E-state index in [9.17, 15) is 13.2 Å². The molecular formula is C8H21N3O3S. The van der Waals surface area contributed by atoms with Crippen LogP contribution in [0.3, 0.4) is 0 Å². The molecule has 0 atom stereocenters. The van der Waals surface area contributed by atoms with E-state index < -0.39 is 10.0 Å². The van der Waals surface area contributed by atoms with Crippen molar-refractivity contribution in [2.75, 3.05) is 25.9 Å². The van der Waals surface area contributed by atoms with Crippen molar-refractivity contribution in [3.05, 3.63) is 0 Å². The maximum Gasteiger partial charge on any atom is 0.216 e. The van der Waals surface area contributed by atoms with Gasteiger partial charge in [0.15, 0.2) is 0 Å². The molecule has 4 N–H and O–H groups in total. The molecule has 15 heavy (non-hydrogen) atoms. The molecule has 92 valence electrons. The first-order chi connectivity index (χ1) is 6.83. The largest absolute Gasteiger partial charge is 0.355 e. The summed E-state index contributed by atoms with van der Waals surface area (Å²) in [6.45, 7) is 5.02. The third-order valence-corrected chi connectivity index (χ3v) is 1.86. The molecule has 0 aliphatic rings. The zero-order valence-electron chi connectivity index (χ0n) is 9.54. The highest BCUT2D eigenvalue weighted by atomic mass is 32.2. The van der Waals surface area contributed by atoms with Crippen LogP contribution in [0.5, 0.6) is 0 Å². The zero-order valence-corrected chi connectivity index (χ0v) is 10.4. The van der Waals surface area contributed by atoms with Crippen molar-refractivity contribution in [1.29, 1.82) is 0 Å². The molecule has 0 spiro atoms. The Morgan fingerprint density at radius 1 is 1.33 bits per heavy atom. The second-order valence-corrected chi connectivity index (χ2v) is 4.77. The van der Waals surface area contributed by atoms with Gasteiger partial charge in [-0.2, -0.15) is 0 Å². The van der Waals surface area contributed by atoms with Crippen LogP contribution in [0.4, 0.5) is 0 Å². The van der Waals surface area contributed by atoms with Gasteiger partial charge in [-0.05, 0) is 6.42 Å². The van der Waals surface area contributed by atoms with Crippen LogP contribution in [-0.4, -0.2) is 40.2 Å². The third kappa shape index (κ3) is 24.7. The Hall–Kier alpha value is -0.660. The molecule has 0 aliphatic carbocycles. The number of rotatable bonds is 5. The molecule has 0 aliphatic heterocycles. The molecule has 0 radical (unpaired) electrons. The maximum absolute atomic E-state index is 10.3. The lowest BCUT2D eigenvalue weighted by atomic mass is 10.5. The van der Waals surface area contributed by atoms with Crippen LogP contribution in [0, 0.1) is 0 Å². The molecule has 7 heteroatoms. The molecule has 0 rings (SSSR count). The molecule has 0 aromatic rings. The first kappa shape index (κ1) is 16.8. The lowest BCUT2D eigenvalue weighted by molar-refractivity contribution is -0.118. The summed E-state index contributed by atoms with van der Waals surface area (Å²) in [7, 11) is -2.94. The van der Waals surface area contributed by atoms with Crippen molar-refractivity contribution in [2.24, 2.45) is 5.73 Å². The predicted octanol–water partition coefficient (Wildman–Crippen LogP) is -0.973. The van der Waals surface area contributed by atoms with Crippen LogP contribution in [-0.2, 0) is 14.8 Å². The lowest BCUT2D eigenvalue weighted by Gasteiger charge is -1.95. The highest BCUT2D eigenvalue weighted by molar-refractivity contribution is 7.88. The zero-order chi connectivity index (χ0) is 12.3. The number of sulfonamides is 1. The summed E-state index contributed by atoms with van der Waals surface area (Å²) in [6.07, 6.45) is 2.00. The third-order valence-electron chi connectivity index (χ3n) is 1.13. The van der Waals surface area contributed by atoms with E-state index >= 15 is 0 Å². The highest BCUT2D eigenvalue weighted by Gasteiger charge is 1.94. The Kier molecular flexibility index (Phi) is 11.0. The van der Waals surface area contributed by atoms with Crippen LogP contribution < -0.4 is 15.8 Å². The molecular weight excluding hydrogens is 218 g/mol. The normalized spacial score (nSPS) is 10.1. The number of amides is 1. The van der Waals surface area contributed by atoms with Gasteiger partial charge in [0, 0.05) is 26.6 Å². The molecule has 0 fully saturated rings. The predicted molar refractivity (Wildman–Crippen MR) is 60.9 cm³/mol. The topological polar surface area (TPSA) is 101 Å². The summed E-state index contributed by atoms with van der Waals surface area (Å²) in [5.74, 6) is -0.0227. The summed E-state index contributed by atoms with van der Waals surface area (Å²) >= 11 is 0. The van der Waals surface area contributed by atoms with E-state index in [1.807, 2.05) is 6.92 Å². The smallest absolute Gasteiger partial charge is 0.216 e.